The third-order valence-corrected chi connectivity index (χ3v) is 3.42. The van der Waals surface area contributed by atoms with Crippen molar-refractivity contribution < 1.29 is 0 Å². The van der Waals surface area contributed by atoms with Crippen molar-refractivity contribution in [2.75, 3.05) is 0 Å². The summed E-state index contributed by atoms with van der Waals surface area (Å²) in [6, 6.07) is 8.20. The largest absolute Gasteiger partial charge is 0.0654 e. The maximum absolute atomic E-state index is 7.03. The summed E-state index contributed by atoms with van der Waals surface area (Å²) in [6.45, 7) is 2.27. The zero-order valence-corrected chi connectivity index (χ0v) is 11.7. The van der Waals surface area contributed by atoms with E-state index >= 15 is 0 Å². The molecule has 97 valence electrons. The molecule has 0 bridgehead atoms. The van der Waals surface area contributed by atoms with E-state index in [-0.39, 0.29) is 0 Å². The van der Waals surface area contributed by atoms with Crippen LogP contribution in [0.4, 0.5) is 0 Å². The van der Waals surface area contributed by atoms with E-state index in [1.165, 1.54) is 63.4 Å². The first-order chi connectivity index (χ1) is 8.86. The van der Waals surface area contributed by atoms with Crippen LogP contribution in [-0.2, 0) is 6.42 Å². The van der Waals surface area contributed by atoms with Gasteiger partial charge in [-0.05, 0) is 37.0 Å². The van der Waals surface area contributed by atoms with E-state index in [0.717, 1.165) is 5.56 Å². The summed E-state index contributed by atoms with van der Waals surface area (Å²) in [5.41, 5.74) is 2.26. The van der Waals surface area contributed by atoms with E-state index in [1.807, 2.05) is 12.1 Å². The van der Waals surface area contributed by atoms with Gasteiger partial charge in [-0.2, -0.15) is 0 Å². The molecule has 0 aliphatic carbocycles. The molecule has 0 aliphatic rings. The van der Waals surface area contributed by atoms with E-state index in [2.05, 4.69) is 25.0 Å². The first-order valence-corrected chi connectivity index (χ1v) is 7.38. The van der Waals surface area contributed by atoms with Crippen LogP contribution in [0.2, 0.25) is 0 Å². The Hall–Kier alpha value is -1.22. The van der Waals surface area contributed by atoms with Crippen LogP contribution in [0.3, 0.4) is 0 Å². The molecule has 0 heterocycles. The molecule has 0 heteroatoms. The van der Waals surface area contributed by atoms with Crippen LogP contribution < -0.4 is 0 Å². The van der Waals surface area contributed by atoms with Crippen LogP contribution in [-0.4, -0.2) is 0 Å². The second kappa shape index (κ2) is 9.77. The van der Waals surface area contributed by atoms with Gasteiger partial charge in [0.15, 0.2) is 0 Å². The number of hydrogen-bond donors (Lipinski definition) is 0. The van der Waals surface area contributed by atoms with E-state index < -0.39 is 0 Å². The summed E-state index contributed by atoms with van der Waals surface area (Å²) in [7, 11) is 0. The summed E-state index contributed by atoms with van der Waals surface area (Å²) in [6.07, 6.45) is 19.2. The summed E-state index contributed by atoms with van der Waals surface area (Å²) in [5, 5.41) is 0. The standard InChI is InChI=1S/C18H25/c1-3-5-6-7-8-9-10-11-12-18-15-13-17(4-2)14-16-18/h13-16H,3,5-12H2,1H3. The highest BCUT2D eigenvalue weighted by atomic mass is 14.0. The molecule has 0 fully saturated rings. The van der Waals surface area contributed by atoms with E-state index in [1.54, 1.807) is 0 Å². The first kappa shape index (κ1) is 14.8. The van der Waals surface area contributed by atoms with Crippen LogP contribution in [0.5, 0.6) is 0 Å². The fourth-order valence-electron chi connectivity index (χ4n) is 2.22. The van der Waals surface area contributed by atoms with Gasteiger partial charge < -0.3 is 0 Å². The average molecular weight is 241 g/mol. The van der Waals surface area contributed by atoms with Crippen LogP contribution in [0.15, 0.2) is 24.3 Å². The van der Waals surface area contributed by atoms with Crippen molar-refractivity contribution in [2.24, 2.45) is 0 Å². The van der Waals surface area contributed by atoms with Gasteiger partial charge in [-0.15, -0.1) is 0 Å². The highest BCUT2D eigenvalue weighted by Crippen LogP contribution is 2.11. The molecule has 1 aromatic carbocycles. The van der Waals surface area contributed by atoms with Gasteiger partial charge in [-0.1, -0.05) is 69.9 Å². The summed E-state index contributed by atoms with van der Waals surface area (Å²) >= 11 is 0. The molecule has 0 amide bonds. The van der Waals surface area contributed by atoms with Crippen molar-refractivity contribution in [3.05, 3.63) is 41.8 Å². The van der Waals surface area contributed by atoms with Crippen LogP contribution in [0.25, 0.3) is 0 Å². The van der Waals surface area contributed by atoms with Crippen LogP contribution in [0, 0.1) is 12.3 Å². The molecule has 0 aromatic heterocycles. The Bertz CT molecular complexity index is 339. The third kappa shape index (κ3) is 6.50. The van der Waals surface area contributed by atoms with Crippen molar-refractivity contribution in [1.82, 2.24) is 0 Å². The zero-order chi connectivity index (χ0) is 13.1. The van der Waals surface area contributed by atoms with Crippen molar-refractivity contribution >= 4 is 0 Å². The van der Waals surface area contributed by atoms with Gasteiger partial charge in [0, 0.05) is 5.56 Å². The fraction of sp³-hybridized carbons (Fsp3) is 0.556. The molecule has 0 saturated heterocycles. The highest BCUT2D eigenvalue weighted by Gasteiger charge is 1.95. The molecule has 1 rings (SSSR count). The number of hydrogen-bond acceptors (Lipinski definition) is 0. The first-order valence-electron chi connectivity index (χ1n) is 7.38. The molecular weight excluding hydrogens is 216 g/mol. The van der Waals surface area contributed by atoms with E-state index in [9.17, 15) is 0 Å². The van der Waals surface area contributed by atoms with E-state index in [4.69, 9.17) is 6.42 Å². The molecule has 18 heavy (non-hydrogen) atoms. The quantitative estimate of drug-likeness (QED) is 0.406. The Morgan fingerprint density at radius 3 is 1.94 bits per heavy atom. The topological polar surface area (TPSA) is 0 Å². The number of benzene rings is 1. The van der Waals surface area contributed by atoms with Crippen LogP contribution >= 0.6 is 0 Å². The molecule has 0 saturated carbocycles. The third-order valence-electron chi connectivity index (χ3n) is 3.42. The van der Waals surface area contributed by atoms with Gasteiger partial charge in [0.1, 0.15) is 0 Å². The van der Waals surface area contributed by atoms with Crippen molar-refractivity contribution in [1.29, 1.82) is 0 Å². The van der Waals surface area contributed by atoms with E-state index in [0.29, 0.717) is 0 Å². The lowest BCUT2D eigenvalue weighted by Crippen LogP contribution is -1.87. The van der Waals surface area contributed by atoms with Gasteiger partial charge in [0.05, 0.1) is 0 Å². The molecule has 0 nitrogen and oxygen atoms in total. The Labute approximate surface area is 113 Å². The van der Waals surface area contributed by atoms with Gasteiger partial charge in [0.2, 0.25) is 0 Å². The lowest BCUT2D eigenvalue weighted by Gasteiger charge is -2.03. The number of aryl methyl sites for hydroxylation is 1. The van der Waals surface area contributed by atoms with Gasteiger partial charge in [-0.25, -0.2) is 0 Å². The Morgan fingerprint density at radius 1 is 0.833 bits per heavy atom. The SMILES string of the molecule is [C]#Cc1ccc(CCCCCCCCCC)cc1. The zero-order valence-electron chi connectivity index (χ0n) is 11.7. The molecule has 0 aliphatic heterocycles. The molecule has 1 aromatic rings. The molecule has 0 N–H and O–H groups in total. The smallest absolute Gasteiger partial charge is 0.0255 e. The Kier molecular flexibility index (Phi) is 8.06. The highest BCUT2D eigenvalue weighted by molar-refractivity contribution is 5.32. The second-order valence-corrected chi connectivity index (χ2v) is 5.05. The van der Waals surface area contributed by atoms with Crippen molar-refractivity contribution in [3.63, 3.8) is 0 Å². The van der Waals surface area contributed by atoms with Gasteiger partial charge in [0.25, 0.3) is 0 Å². The average Bonchev–Trinajstić information content (AvgIpc) is 2.42. The number of unbranched alkanes of at least 4 members (excludes halogenated alkanes) is 7. The summed E-state index contributed by atoms with van der Waals surface area (Å²) in [5.74, 6) is 2.40. The van der Waals surface area contributed by atoms with Crippen molar-refractivity contribution in [2.45, 2.75) is 64.7 Å². The Morgan fingerprint density at radius 2 is 1.39 bits per heavy atom. The fourth-order valence-corrected chi connectivity index (χ4v) is 2.22. The van der Waals surface area contributed by atoms with Crippen molar-refractivity contribution in [3.8, 4) is 5.92 Å². The maximum Gasteiger partial charge on any atom is 0.0255 e. The second-order valence-electron chi connectivity index (χ2n) is 5.05. The van der Waals surface area contributed by atoms with Gasteiger partial charge >= 0.3 is 0 Å². The minimum Gasteiger partial charge on any atom is -0.0654 e. The minimum absolute atomic E-state index is 0.870. The number of rotatable bonds is 9. The van der Waals surface area contributed by atoms with Crippen LogP contribution in [0.1, 0.15) is 69.4 Å². The predicted octanol–water partition coefficient (Wildman–Crippen LogP) is 5.31. The summed E-state index contributed by atoms with van der Waals surface area (Å²) < 4.78 is 0. The molecule has 0 spiro atoms. The lowest BCUT2D eigenvalue weighted by atomic mass is 10.0. The maximum atomic E-state index is 7.03. The van der Waals surface area contributed by atoms with Gasteiger partial charge in [-0.3, -0.25) is 0 Å². The molecule has 0 unspecified atom stereocenters. The molecule has 0 atom stereocenters. The predicted molar refractivity (Wildman–Crippen MR) is 79.0 cm³/mol. The molecule has 1 radical (unpaired) electrons. The molecular formula is C18H25. The summed E-state index contributed by atoms with van der Waals surface area (Å²) in [4.78, 5) is 0. The lowest BCUT2D eigenvalue weighted by molar-refractivity contribution is 0.575. The normalized spacial score (nSPS) is 10.2. The monoisotopic (exact) mass is 241 g/mol. The minimum atomic E-state index is 0.870. The Balaban J connectivity index is 2.02.